The first-order valence-electron chi connectivity index (χ1n) is 8.95. The zero-order chi connectivity index (χ0) is 19.8. The SMILES string of the molecule is CCOC1=C(C2C=C(c3ccccc3)OC(C(C)(C)C)=C2)C(O)=C(O)C1=O. The molecule has 0 fully saturated rings. The van der Waals surface area contributed by atoms with Crippen LogP contribution >= 0.6 is 0 Å². The molecule has 1 atom stereocenters. The molecule has 0 radical (unpaired) electrons. The van der Waals surface area contributed by atoms with E-state index in [1.54, 1.807) is 6.92 Å². The zero-order valence-corrected chi connectivity index (χ0v) is 15.9. The highest BCUT2D eigenvalue weighted by molar-refractivity contribution is 6.10. The molecule has 0 saturated heterocycles. The summed E-state index contributed by atoms with van der Waals surface area (Å²) in [4.78, 5) is 12.3. The van der Waals surface area contributed by atoms with E-state index in [2.05, 4.69) is 0 Å². The van der Waals surface area contributed by atoms with Crippen LogP contribution in [0.1, 0.15) is 33.3 Å². The van der Waals surface area contributed by atoms with Crippen LogP contribution in [0.3, 0.4) is 0 Å². The fourth-order valence-electron chi connectivity index (χ4n) is 3.06. The molecule has 3 rings (SSSR count). The van der Waals surface area contributed by atoms with Gasteiger partial charge in [0.15, 0.2) is 11.5 Å². The number of carbonyl (C=O) groups is 1. The lowest BCUT2D eigenvalue weighted by molar-refractivity contribution is -0.117. The van der Waals surface area contributed by atoms with Gasteiger partial charge in [0.05, 0.1) is 12.2 Å². The molecule has 142 valence electrons. The minimum Gasteiger partial charge on any atom is -0.504 e. The number of ether oxygens (including phenoxy) is 2. The molecule has 1 unspecified atom stereocenters. The Labute approximate surface area is 158 Å². The molecular weight excluding hydrogens is 344 g/mol. The third-order valence-electron chi connectivity index (χ3n) is 4.45. The Balaban J connectivity index is 2.15. The highest BCUT2D eigenvalue weighted by Crippen LogP contribution is 2.42. The molecule has 2 N–H and O–H groups in total. The van der Waals surface area contributed by atoms with Gasteiger partial charge in [0, 0.05) is 16.9 Å². The topological polar surface area (TPSA) is 76.0 Å². The Morgan fingerprint density at radius 3 is 2.33 bits per heavy atom. The summed E-state index contributed by atoms with van der Waals surface area (Å²) in [6.07, 6.45) is 3.67. The van der Waals surface area contributed by atoms with Gasteiger partial charge >= 0.3 is 0 Å². The van der Waals surface area contributed by atoms with Gasteiger partial charge in [0.1, 0.15) is 11.5 Å². The molecule has 1 aliphatic heterocycles. The summed E-state index contributed by atoms with van der Waals surface area (Å²) in [6.45, 7) is 8.06. The van der Waals surface area contributed by atoms with E-state index in [0.29, 0.717) is 11.5 Å². The number of allylic oxidation sites excluding steroid dienone is 4. The molecule has 27 heavy (non-hydrogen) atoms. The molecule has 5 nitrogen and oxygen atoms in total. The normalized spacial score (nSPS) is 20.4. The van der Waals surface area contributed by atoms with Crippen LogP contribution in [0.5, 0.6) is 0 Å². The number of hydrogen-bond acceptors (Lipinski definition) is 5. The maximum absolute atomic E-state index is 12.3. The summed E-state index contributed by atoms with van der Waals surface area (Å²) in [6, 6.07) is 9.61. The van der Waals surface area contributed by atoms with Crippen molar-refractivity contribution >= 4 is 11.5 Å². The molecule has 1 aromatic carbocycles. The summed E-state index contributed by atoms with van der Waals surface area (Å²) in [5.41, 5.74) is 0.855. The lowest BCUT2D eigenvalue weighted by Crippen LogP contribution is -2.19. The second kappa shape index (κ2) is 6.99. The number of hydrogen-bond donors (Lipinski definition) is 2. The maximum atomic E-state index is 12.3. The number of aliphatic hydroxyl groups excluding tert-OH is 2. The fourth-order valence-corrected chi connectivity index (χ4v) is 3.06. The van der Waals surface area contributed by atoms with Gasteiger partial charge in [-0.2, -0.15) is 0 Å². The average molecular weight is 368 g/mol. The lowest BCUT2D eigenvalue weighted by Gasteiger charge is -2.30. The number of rotatable bonds is 4. The quantitative estimate of drug-likeness (QED) is 0.798. The molecule has 0 bridgehead atoms. The van der Waals surface area contributed by atoms with Gasteiger partial charge in [0.2, 0.25) is 5.76 Å². The third-order valence-corrected chi connectivity index (χ3v) is 4.45. The summed E-state index contributed by atoms with van der Waals surface area (Å²) in [7, 11) is 0. The van der Waals surface area contributed by atoms with Crippen molar-refractivity contribution in [3.8, 4) is 0 Å². The minimum atomic E-state index is -0.698. The Morgan fingerprint density at radius 2 is 1.74 bits per heavy atom. The van der Waals surface area contributed by atoms with Crippen LogP contribution in [0.25, 0.3) is 5.76 Å². The summed E-state index contributed by atoms with van der Waals surface area (Å²) < 4.78 is 11.6. The third kappa shape index (κ3) is 3.50. The van der Waals surface area contributed by atoms with Crippen molar-refractivity contribution in [2.45, 2.75) is 27.7 Å². The molecule has 0 saturated carbocycles. The van der Waals surface area contributed by atoms with E-state index in [-0.39, 0.29) is 23.4 Å². The Kier molecular flexibility index (Phi) is 4.87. The first-order valence-corrected chi connectivity index (χ1v) is 8.95. The van der Waals surface area contributed by atoms with Crippen molar-refractivity contribution in [1.29, 1.82) is 0 Å². The van der Waals surface area contributed by atoms with Crippen LogP contribution in [-0.4, -0.2) is 22.6 Å². The Bertz CT molecular complexity index is 879. The minimum absolute atomic E-state index is 0.0208. The molecule has 2 aliphatic rings. The second-order valence-electron chi connectivity index (χ2n) is 7.51. The zero-order valence-electron chi connectivity index (χ0n) is 15.9. The lowest BCUT2D eigenvalue weighted by atomic mass is 9.86. The van der Waals surface area contributed by atoms with E-state index in [0.717, 1.165) is 5.56 Å². The van der Waals surface area contributed by atoms with Crippen molar-refractivity contribution in [1.82, 2.24) is 0 Å². The summed E-state index contributed by atoms with van der Waals surface area (Å²) >= 11 is 0. The number of aliphatic hydroxyl groups is 2. The van der Waals surface area contributed by atoms with E-state index in [1.165, 1.54) is 0 Å². The molecule has 0 aromatic heterocycles. The predicted octanol–water partition coefficient (Wildman–Crippen LogP) is 4.80. The van der Waals surface area contributed by atoms with Gasteiger partial charge in [-0.15, -0.1) is 0 Å². The van der Waals surface area contributed by atoms with Crippen molar-refractivity contribution in [3.63, 3.8) is 0 Å². The van der Waals surface area contributed by atoms with Crippen molar-refractivity contribution in [2.24, 2.45) is 11.3 Å². The number of carbonyl (C=O) groups excluding carboxylic acids is 1. The van der Waals surface area contributed by atoms with Gasteiger partial charge in [0.25, 0.3) is 5.78 Å². The van der Waals surface area contributed by atoms with E-state index in [1.807, 2.05) is 63.3 Å². The summed E-state index contributed by atoms with van der Waals surface area (Å²) in [5, 5.41) is 20.4. The molecule has 5 heteroatoms. The van der Waals surface area contributed by atoms with E-state index in [9.17, 15) is 15.0 Å². The Morgan fingerprint density at radius 1 is 1.07 bits per heavy atom. The van der Waals surface area contributed by atoms with E-state index in [4.69, 9.17) is 9.47 Å². The first kappa shape index (κ1) is 18.8. The smallest absolute Gasteiger partial charge is 0.266 e. The average Bonchev–Trinajstić information content (AvgIpc) is 2.86. The van der Waals surface area contributed by atoms with E-state index >= 15 is 0 Å². The van der Waals surface area contributed by atoms with Crippen molar-refractivity contribution in [2.75, 3.05) is 6.61 Å². The van der Waals surface area contributed by atoms with Crippen molar-refractivity contribution in [3.05, 3.63) is 76.7 Å². The van der Waals surface area contributed by atoms with Crippen molar-refractivity contribution < 1.29 is 24.5 Å². The van der Waals surface area contributed by atoms with Gasteiger partial charge in [-0.05, 0) is 19.1 Å². The Hall–Kier alpha value is -2.95. The number of ketones is 1. The van der Waals surface area contributed by atoms with Crippen LogP contribution in [0, 0.1) is 11.3 Å². The summed E-state index contributed by atoms with van der Waals surface area (Å²) in [5.74, 6) is -0.974. The van der Waals surface area contributed by atoms with E-state index < -0.39 is 23.2 Å². The maximum Gasteiger partial charge on any atom is 0.266 e. The van der Waals surface area contributed by atoms with Crippen LogP contribution in [0.15, 0.2) is 71.1 Å². The fraction of sp³-hybridized carbons (Fsp3) is 0.318. The van der Waals surface area contributed by atoms with Crippen LogP contribution < -0.4 is 0 Å². The van der Waals surface area contributed by atoms with Gasteiger partial charge in [-0.3, -0.25) is 4.79 Å². The number of Topliss-reactive ketones (excluding diaryl/α,β-unsaturated/α-hetero) is 1. The highest BCUT2D eigenvalue weighted by atomic mass is 16.5. The molecule has 1 aliphatic carbocycles. The molecule has 1 aromatic rings. The standard InChI is InChI=1S/C22H24O5/c1-5-26-21-17(18(23)19(24)20(21)25)14-11-15(13-9-7-6-8-10-13)27-16(12-14)22(2,3)4/h6-12,14H,5H2,1-4H3,(H2,23,24,25). The van der Waals surface area contributed by atoms with Crippen LogP contribution in [0.2, 0.25) is 0 Å². The van der Waals surface area contributed by atoms with Gasteiger partial charge in [-0.25, -0.2) is 0 Å². The predicted molar refractivity (Wildman–Crippen MR) is 102 cm³/mol. The highest BCUT2D eigenvalue weighted by Gasteiger charge is 2.39. The van der Waals surface area contributed by atoms with Gasteiger partial charge < -0.3 is 19.7 Å². The van der Waals surface area contributed by atoms with Crippen LogP contribution in [0.4, 0.5) is 0 Å². The molecule has 0 spiro atoms. The monoisotopic (exact) mass is 368 g/mol. The largest absolute Gasteiger partial charge is 0.504 e. The molecular formula is C22H24O5. The molecule has 1 heterocycles. The number of benzene rings is 1. The molecule has 0 amide bonds. The van der Waals surface area contributed by atoms with Crippen LogP contribution in [-0.2, 0) is 14.3 Å². The second-order valence-corrected chi connectivity index (χ2v) is 7.51. The first-order chi connectivity index (χ1) is 12.7. The van der Waals surface area contributed by atoms with Gasteiger partial charge in [-0.1, -0.05) is 51.1 Å².